The third kappa shape index (κ3) is 3.16. The molecule has 3 heteroatoms. The van der Waals surface area contributed by atoms with E-state index in [1.54, 1.807) is 0 Å². The summed E-state index contributed by atoms with van der Waals surface area (Å²) in [6, 6.07) is 18.9. The molecule has 4 fully saturated rings. The van der Waals surface area contributed by atoms with E-state index >= 15 is 0 Å². The molecule has 0 spiro atoms. The molecule has 2 aromatic rings. The van der Waals surface area contributed by atoms with Gasteiger partial charge in [0.1, 0.15) is 0 Å². The standard InChI is InChI=1S/C25H28ClNO/c26-22-8-6-21(7-9-22)24-13-19-12-20(14-24)16-25(15-19,17-24)23(28)27-11-10-18-4-2-1-3-5-18/h1-9,19-20H,10-17H2,(H,27,28). The summed E-state index contributed by atoms with van der Waals surface area (Å²) in [4.78, 5) is 13.4. The van der Waals surface area contributed by atoms with Gasteiger partial charge in [-0.2, -0.15) is 0 Å². The van der Waals surface area contributed by atoms with Crippen molar-refractivity contribution in [2.24, 2.45) is 17.3 Å². The van der Waals surface area contributed by atoms with Crippen molar-refractivity contribution in [2.75, 3.05) is 6.54 Å². The molecular formula is C25H28ClNO. The number of hydrogen-bond acceptors (Lipinski definition) is 1. The first-order valence-corrected chi connectivity index (χ1v) is 11.0. The van der Waals surface area contributed by atoms with Crippen LogP contribution < -0.4 is 5.32 Å². The van der Waals surface area contributed by atoms with Gasteiger partial charge in [0.25, 0.3) is 0 Å². The Balaban J connectivity index is 1.34. The van der Waals surface area contributed by atoms with Crippen LogP contribution in [-0.2, 0) is 16.6 Å². The van der Waals surface area contributed by atoms with Crippen molar-refractivity contribution >= 4 is 17.5 Å². The Morgan fingerprint density at radius 2 is 1.64 bits per heavy atom. The van der Waals surface area contributed by atoms with Gasteiger partial charge in [-0.1, -0.05) is 54.1 Å². The van der Waals surface area contributed by atoms with Crippen LogP contribution in [0.15, 0.2) is 54.6 Å². The Hall–Kier alpha value is -1.80. The molecule has 0 aliphatic heterocycles. The summed E-state index contributed by atoms with van der Waals surface area (Å²) in [5.74, 6) is 1.68. The van der Waals surface area contributed by atoms with Gasteiger partial charge in [0.15, 0.2) is 0 Å². The SMILES string of the molecule is O=C(NCCc1ccccc1)C12CC3CC(C1)CC(c1ccc(Cl)cc1)(C3)C2. The van der Waals surface area contributed by atoms with Crippen molar-refractivity contribution < 1.29 is 4.79 Å². The van der Waals surface area contributed by atoms with E-state index in [1.165, 1.54) is 30.4 Å². The molecule has 0 heterocycles. The zero-order valence-electron chi connectivity index (χ0n) is 16.3. The van der Waals surface area contributed by atoms with E-state index in [2.05, 4.69) is 41.7 Å². The predicted molar refractivity (Wildman–Crippen MR) is 113 cm³/mol. The van der Waals surface area contributed by atoms with E-state index in [9.17, 15) is 4.79 Å². The molecule has 28 heavy (non-hydrogen) atoms. The first-order valence-electron chi connectivity index (χ1n) is 10.7. The lowest BCUT2D eigenvalue weighted by Crippen LogP contribution is -2.59. The molecule has 2 atom stereocenters. The zero-order valence-corrected chi connectivity index (χ0v) is 17.0. The molecule has 0 saturated heterocycles. The fraction of sp³-hybridized carbons (Fsp3) is 0.480. The van der Waals surface area contributed by atoms with Crippen LogP contribution in [0.4, 0.5) is 0 Å². The largest absolute Gasteiger partial charge is 0.355 e. The Morgan fingerprint density at radius 1 is 0.964 bits per heavy atom. The number of halogens is 1. The van der Waals surface area contributed by atoms with E-state index in [4.69, 9.17) is 11.6 Å². The van der Waals surface area contributed by atoms with E-state index in [0.29, 0.717) is 17.7 Å². The maximum atomic E-state index is 13.4. The molecule has 4 bridgehead atoms. The molecule has 4 aliphatic rings. The molecule has 4 aliphatic carbocycles. The molecule has 0 aromatic heterocycles. The van der Waals surface area contributed by atoms with Gasteiger partial charge in [-0.05, 0) is 85.5 Å². The van der Waals surface area contributed by atoms with Gasteiger partial charge in [-0.15, -0.1) is 0 Å². The molecule has 1 amide bonds. The van der Waals surface area contributed by atoms with Crippen LogP contribution in [0.1, 0.15) is 49.7 Å². The maximum absolute atomic E-state index is 13.4. The lowest BCUT2D eigenvalue weighted by atomic mass is 9.42. The first-order chi connectivity index (χ1) is 13.6. The summed E-state index contributed by atoms with van der Waals surface area (Å²) in [5.41, 5.74) is 2.68. The van der Waals surface area contributed by atoms with Gasteiger partial charge in [-0.25, -0.2) is 0 Å². The quantitative estimate of drug-likeness (QED) is 0.710. The fourth-order valence-corrected chi connectivity index (χ4v) is 6.95. The number of nitrogens with one attached hydrogen (secondary N) is 1. The molecule has 2 nitrogen and oxygen atoms in total. The number of carbonyl (C=O) groups is 1. The second kappa shape index (κ2) is 6.91. The van der Waals surface area contributed by atoms with E-state index in [1.807, 2.05) is 18.2 Å². The van der Waals surface area contributed by atoms with Gasteiger partial charge in [0.2, 0.25) is 5.91 Å². The van der Waals surface area contributed by atoms with Crippen molar-refractivity contribution in [3.63, 3.8) is 0 Å². The molecule has 2 unspecified atom stereocenters. The average Bonchev–Trinajstić information content (AvgIpc) is 2.68. The van der Waals surface area contributed by atoms with Crippen molar-refractivity contribution in [1.82, 2.24) is 5.32 Å². The van der Waals surface area contributed by atoms with Gasteiger partial charge in [-0.3, -0.25) is 4.79 Å². The third-order valence-electron chi connectivity index (χ3n) is 7.54. The highest BCUT2D eigenvalue weighted by Crippen LogP contribution is 2.65. The van der Waals surface area contributed by atoms with Crippen LogP contribution in [0.25, 0.3) is 0 Å². The fourth-order valence-electron chi connectivity index (χ4n) is 6.82. The van der Waals surface area contributed by atoms with Gasteiger partial charge >= 0.3 is 0 Å². The van der Waals surface area contributed by atoms with Crippen LogP contribution in [0.5, 0.6) is 0 Å². The topological polar surface area (TPSA) is 29.1 Å². The molecule has 0 radical (unpaired) electrons. The van der Waals surface area contributed by atoms with Gasteiger partial charge in [0.05, 0.1) is 5.41 Å². The average molecular weight is 394 g/mol. The van der Waals surface area contributed by atoms with Crippen molar-refractivity contribution in [3.05, 3.63) is 70.7 Å². The van der Waals surface area contributed by atoms with Gasteiger partial charge < -0.3 is 5.32 Å². The minimum absolute atomic E-state index is 0.166. The highest BCUT2D eigenvalue weighted by Gasteiger charge is 2.60. The smallest absolute Gasteiger partial charge is 0.226 e. The van der Waals surface area contributed by atoms with Crippen LogP contribution in [0.3, 0.4) is 0 Å². The second-order valence-electron chi connectivity index (χ2n) is 9.52. The third-order valence-corrected chi connectivity index (χ3v) is 7.79. The van der Waals surface area contributed by atoms with Crippen LogP contribution in [0, 0.1) is 17.3 Å². The highest BCUT2D eigenvalue weighted by molar-refractivity contribution is 6.30. The predicted octanol–water partition coefficient (Wildman–Crippen LogP) is 5.54. The van der Waals surface area contributed by atoms with Crippen molar-refractivity contribution in [3.8, 4) is 0 Å². The summed E-state index contributed by atoms with van der Waals surface area (Å²) < 4.78 is 0. The summed E-state index contributed by atoms with van der Waals surface area (Å²) in [6.45, 7) is 0.730. The summed E-state index contributed by atoms with van der Waals surface area (Å²) in [5, 5.41) is 4.10. The van der Waals surface area contributed by atoms with Crippen LogP contribution in [-0.4, -0.2) is 12.5 Å². The summed E-state index contributed by atoms with van der Waals surface area (Å²) >= 11 is 6.14. The monoisotopic (exact) mass is 393 g/mol. The Bertz CT molecular complexity index is 846. The number of carbonyl (C=O) groups excluding carboxylic acids is 1. The number of benzene rings is 2. The van der Waals surface area contributed by atoms with E-state index in [0.717, 1.165) is 37.3 Å². The molecule has 4 saturated carbocycles. The van der Waals surface area contributed by atoms with Crippen molar-refractivity contribution in [2.45, 2.75) is 50.4 Å². The van der Waals surface area contributed by atoms with Crippen LogP contribution >= 0.6 is 11.6 Å². The molecule has 6 rings (SSSR count). The molecule has 146 valence electrons. The lowest BCUT2D eigenvalue weighted by Gasteiger charge is -2.61. The zero-order chi connectivity index (χ0) is 19.2. The normalized spacial score (nSPS) is 33.0. The maximum Gasteiger partial charge on any atom is 0.226 e. The molecule has 1 N–H and O–H groups in total. The lowest BCUT2D eigenvalue weighted by molar-refractivity contribution is -0.149. The van der Waals surface area contributed by atoms with E-state index < -0.39 is 0 Å². The first kappa shape index (κ1) is 18.2. The Labute approximate surface area is 172 Å². The van der Waals surface area contributed by atoms with Crippen molar-refractivity contribution in [1.29, 1.82) is 0 Å². The second-order valence-corrected chi connectivity index (χ2v) is 9.96. The Kier molecular flexibility index (Phi) is 4.50. The summed E-state index contributed by atoms with van der Waals surface area (Å²) in [7, 11) is 0. The number of amides is 1. The van der Waals surface area contributed by atoms with Crippen LogP contribution in [0.2, 0.25) is 5.02 Å². The summed E-state index contributed by atoms with van der Waals surface area (Å²) in [6.07, 6.45) is 7.86. The molecular weight excluding hydrogens is 366 g/mol. The number of hydrogen-bond donors (Lipinski definition) is 1. The van der Waals surface area contributed by atoms with E-state index in [-0.39, 0.29) is 10.8 Å². The minimum atomic E-state index is -0.166. The minimum Gasteiger partial charge on any atom is -0.355 e. The Morgan fingerprint density at radius 3 is 2.32 bits per heavy atom. The molecule has 2 aromatic carbocycles. The number of rotatable bonds is 5. The highest BCUT2D eigenvalue weighted by atomic mass is 35.5. The van der Waals surface area contributed by atoms with Gasteiger partial charge in [0, 0.05) is 11.6 Å².